The van der Waals surface area contributed by atoms with Gasteiger partial charge in [-0.2, -0.15) is 0 Å². The molecule has 0 aliphatic rings. The van der Waals surface area contributed by atoms with E-state index in [0.717, 1.165) is 22.5 Å². The van der Waals surface area contributed by atoms with Crippen LogP contribution in [0.15, 0.2) is 12.1 Å². The number of nitrogens with two attached hydrogens (primary N) is 1. The number of hydrogen-bond donors (Lipinski definition) is 3. The number of hydrogen-bond acceptors (Lipinski definition) is 3. The molecule has 0 saturated carbocycles. The summed E-state index contributed by atoms with van der Waals surface area (Å²) in [6.07, 6.45) is 0. The summed E-state index contributed by atoms with van der Waals surface area (Å²) in [4.78, 5) is 11.1. The summed E-state index contributed by atoms with van der Waals surface area (Å²) in [6.45, 7) is 7.58. The van der Waals surface area contributed by atoms with E-state index in [1.165, 1.54) is 0 Å². The van der Waals surface area contributed by atoms with Gasteiger partial charge in [-0.15, -0.1) is 0 Å². The number of carboxylic acids is 1. The van der Waals surface area contributed by atoms with Crippen LogP contribution >= 0.6 is 0 Å². The Kier molecular flexibility index (Phi) is 3.99. The van der Waals surface area contributed by atoms with Crippen LogP contribution in [0, 0.1) is 19.8 Å². The maximum atomic E-state index is 11.1. The van der Waals surface area contributed by atoms with Gasteiger partial charge < -0.3 is 16.2 Å². The first-order valence-corrected chi connectivity index (χ1v) is 5.69. The van der Waals surface area contributed by atoms with Crippen LogP contribution in [0.1, 0.15) is 25.0 Å². The van der Waals surface area contributed by atoms with E-state index in [2.05, 4.69) is 5.32 Å². The molecule has 1 atom stereocenters. The van der Waals surface area contributed by atoms with Gasteiger partial charge in [-0.25, -0.2) is 4.79 Å². The number of carbonyl (C=O) groups is 1. The Morgan fingerprint density at radius 3 is 2.35 bits per heavy atom. The lowest BCUT2D eigenvalue weighted by molar-refractivity contribution is -0.138. The second-order valence-corrected chi connectivity index (χ2v) is 4.73. The molecule has 17 heavy (non-hydrogen) atoms. The predicted octanol–water partition coefficient (Wildman–Crippen LogP) is 2.41. The minimum Gasteiger partial charge on any atom is -0.480 e. The summed E-state index contributed by atoms with van der Waals surface area (Å²) in [5.74, 6) is -0.821. The van der Waals surface area contributed by atoms with Crippen molar-refractivity contribution < 1.29 is 9.90 Å². The highest BCUT2D eigenvalue weighted by molar-refractivity contribution is 5.78. The molecule has 0 spiro atoms. The average Bonchev–Trinajstić information content (AvgIpc) is 2.20. The Bertz CT molecular complexity index is 428. The Balaban J connectivity index is 3.01. The highest BCUT2D eigenvalue weighted by Crippen LogP contribution is 2.23. The highest BCUT2D eigenvalue weighted by atomic mass is 16.4. The number of aliphatic carboxylic acids is 1. The third-order valence-corrected chi connectivity index (χ3v) is 2.86. The van der Waals surface area contributed by atoms with Gasteiger partial charge in [0.15, 0.2) is 0 Å². The maximum absolute atomic E-state index is 11.1. The monoisotopic (exact) mass is 236 g/mol. The van der Waals surface area contributed by atoms with Gasteiger partial charge in [0.05, 0.1) is 0 Å². The molecule has 0 radical (unpaired) electrons. The second-order valence-electron chi connectivity index (χ2n) is 4.73. The Labute approximate surface area is 102 Å². The molecule has 4 N–H and O–H groups in total. The predicted molar refractivity (Wildman–Crippen MR) is 70.2 cm³/mol. The molecule has 1 aromatic carbocycles. The van der Waals surface area contributed by atoms with Gasteiger partial charge in [-0.1, -0.05) is 13.8 Å². The van der Waals surface area contributed by atoms with Gasteiger partial charge in [0.1, 0.15) is 6.04 Å². The van der Waals surface area contributed by atoms with E-state index < -0.39 is 12.0 Å². The van der Waals surface area contributed by atoms with Crippen molar-refractivity contribution in [1.29, 1.82) is 0 Å². The van der Waals surface area contributed by atoms with Crippen molar-refractivity contribution in [1.82, 2.24) is 0 Å². The number of carboxylic acid groups (broad SMARTS) is 1. The van der Waals surface area contributed by atoms with E-state index in [0.29, 0.717) is 0 Å². The fourth-order valence-electron chi connectivity index (χ4n) is 1.68. The van der Waals surface area contributed by atoms with Crippen molar-refractivity contribution in [3.63, 3.8) is 0 Å². The SMILES string of the molecule is Cc1cc(NC(C(=O)O)C(C)C)c(C)cc1N. The van der Waals surface area contributed by atoms with Gasteiger partial charge in [0, 0.05) is 11.4 Å². The second kappa shape index (κ2) is 5.08. The van der Waals surface area contributed by atoms with Gasteiger partial charge in [0.2, 0.25) is 0 Å². The van der Waals surface area contributed by atoms with Gasteiger partial charge in [-0.05, 0) is 43.0 Å². The van der Waals surface area contributed by atoms with E-state index >= 15 is 0 Å². The number of benzene rings is 1. The van der Waals surface area contributed by atoms with E-state index in [1.54, 1.807) is 0 Å². The zero-order chi connectivity index (χ0) is 13.2. The van der Waals surface area contributed by atoms with E-state index in [1.807, 2.05) is 39.8 Å². The van der Waals surface area contributed by atoms with Crippen LogP contribution in [0.25, 0.3) is 0 Å². The van der Waals surface area contributed by atoms with Crippen molar-refractivity contribution in [2.24, 2.45) is 5.92 Å². The molecule has 0 bridgehead atoms. The molecule has 0 fully saturated rings. The van der Waals surface area contributed by atoms with E-state index in [9.17, 15) is 4.79 Å². The van der Waals surface area contributed by atoms with Crippen LogP contribution in [-0.4, -0.2) is 17.1 Å². The van der Waals surface area contributed by atoms with Crippen LogP contribution in [0.3, 0.4) is 0 Å². The third-order valence-electron chi connectivity index (χ3n) is 2.86. The van der Waals surface area contributed by atoms with Crippen LogP contribution in [0.4, 0.5) is 11.4 Å². The van der Waals surface area contributed by atoms with Gasteiger partial charge in [-0.3, -0.25) is 0 Å². The normalized spacial score (nSPS) is 12.5. The Hall–Kier alpha value is -1.71. The molecule has 1 rings (SSSR count). The van der Waals surface area contributed by atoms with Crippen molar-refractivity contribution in [3.8, 4) is 0 Å². The Morgan fingerprint density at radius 2 is 1.88 bits per heavy atom. The molecule has 0 aliphatic heterocycles. The summed E-state index contributed by atoms with van der Waals surface area (Å²) in [5.41, 5.74) is 9.26. The maximum Gasteiger partial charge on any atom is 0.326 e. The molecule has 1 aromatic rings. The molecular formula is C13H20N2O2. The lowest BCUT2D eigenvalue weighted by Gasteiger charge is -2.21. The zero-order valence-corrected chi connectivity index (χ0v) is 10.7. The number of nitrogen functional groups attached to an aromatic ring is 1. The van der Waals surface area contributed by atoms with Gasteiger partial charge >= 0.3 is 5.97 Å². The summed E-state index contributed by atoms with van der Waals surface area (Å²) in [7, 11) is 0. The van der Waals surface area contributed by atoms with Crippen molar-refractivity contribution in [2.75, 3.05) is 11.1 Å². The Morgan fingerprint density at radius 1 is 1.29 bits per heavy atom. The lowest BCUT2D eigenvalue weighted by atomic mass is 10.0. The van der Waals surface area contributed by atoms with Crippen molar-refractivity contribution >= 4 is 17.3 Å². The molecule has 0 amide bonds. The first kappa shape index (κ1) is 13.4. The van der Waals surface area contributed by atoms with Crippen molar-refractivity contribution in [2.45, 2.75) is 33.7 Å². The third kappa shape index (κ3) is 3.12. The highest BCUT2D eigenvalue weighted by Gasteiger charge is 2.21. The van der Waals surface area contributed by atoms with Crippen LogP contribution in [0.5, 0.6) is 0 Å². The summed E-state index contributed by atoms with van der Waals surface area (Å²) < 4.78 is 0. The summed E-state index contributed by atoms with van der Waals surface area (Å²) in [6, 6.07) is 3.16. The largest absolute Gasteiger partial charge is 0.480 e. The minimum atomic E-state index is -0.839. The van der Waals surface area contributed by atoms with Crippen LogP contribution in [-0.2, 0) is 4.79 Å². The number of nitrogens with one attached hydrogen (secondary N) is 1. The molecule has 4 nitrogen and oxygen atoms in total. The average molecular weight is 236 g/mol. The lowest BCUT2D eigenvalue weighted by Crippen LogP contribution is -2.34. The molecule has 0 aliphatic carbocycles. The molecule has 0 aromatic heterocycles. The molecule has 0 saturated heterocycles. The molecule has 1 unspecified atom stereocenters. The van der Waals surface area contributed by atoms with Crippen LogP contribution < -0.4 is 11.1 Å². The summed E-state index contributed by atoms with van der Waals surface area (Å²) in [5, 5.41) is 12.2. The number of rotatable bonds is 4. The van der Waals surface area contributed by atoms with E-state index in [-0.39, 0.29) is 5.92 Å². The first-order chi connectivity index (χ1) is 7.82. The number of aryl methyl sites for hydroxylation is 2. The smallest absolute Gasteiger partial charge is 0.326 e. The van der Waals surface area contributed by atoms with Crippen LogP contribution in [0.2, 0.25) is 0 Å². The summed E-state index contributed by atoms with van der Waals surface area (Å²) >= 11 is 0. The first-order valence-electron chi connectivity index (χ1n) is 5.69. The fourth-order valence-corrected chi connectivity index (χ4v) is 1.68. The fraction of sp³-hybridized carbons (Fsp3) is 0.462. The molecule has 94 valence electrons. The minimum absolute atomic E-state index is 0.0183. The molecule has 0 heterocycles. The topological polar surface area (TPSA) is 75.3 Å². The van der Waals surface area contributed by atoms with E-state index in [4.69, 9.17) is 10.8 Å². The zero-order valence-electron chi connectivity index (χ0n) is 10.7. The van der Waals surface area contributed by atoms with Gasteiger partial charge in [0.25, 0.3) is 0 Å². The quantitative estimate of drug-likeness (QED) is 0.702. The standard InChI is InChI=1S/C13H20N2O2/c1-7(2)12(13(16)17)15-11-6-8(3)10(14)5-9(11)4/h5-7,12,15H,14H2,1-4H3,(H,16,17). The number of anilines is 2. The molecular weight excluding hydrogens is 216 g/mol. The van der Waals surface area contributed by atoms with Crippen molar-refractivity contribution in [3.05, 3.63) is 23.3 Å². The molecule has 4 heteroatoms.